The highest BCUT2D eigenvalue weighted by atomic mass is 32.1. The van der Waals surface area contributed by atoms with E-state index in [1.807, 2.05) is 32.0 Å². The molecule has 0 bridgehead atoms. The van der Waals surface area contributed by atoms with Crippen LogP contribution in [0.3, 0.4) is 0 Å². The van der Waals surface area contributed by atoms with Crippen molar-refractivity contribution >= 4 is 33.3 Å². The standard InChI is InChI=1S/C20H22FN3O2S/c1-13(2)11-24(12-18(25)14-3-5-16(21)6-4-14)20(26)23-17-7-8-19-15(9-17)10-22-27-19/h3-10,13,18,25H,11-12H2,1-2H3,(H,23,26). The van der Waals surface area contributed by atoms with Crippen LogP contribution in [-0.4, -0.2) is 33.5 Å². The van der Waals surface area contributed by atoms with Crippen molar-refractivity contribution in [3.8, 4) is 0 Å². The van der Waals surface area contributed by atoms with Crippen LogP contribution in [0.2, 0.25) is 0 Å². The van der Waals surface area contributed by atoms with Gasteiger partial charge >= 0.3 is 6.03 Å². The number of hydrogen-bond donors (Lipinski definition) is 2. The second-order valence-electron chi connectivity index (χ2n) is 6.87. The van der Waals surface area contributed by atoms with E-state index in [0.29, 0.717) is 17.8 Å². The van der Waals surface area contributed by atoms with Gasteiger partial charge in [0.05, 0.1) is 17.3 Å². The van der Waals surface area contributed by atoms with Gasteiger partial charge in [-0.2, -0.15) is 4.37 Å². The summed E-state index contributed by atoms with van der Waals surface area (Å²) in [6, 6.07) is 11.0. The van der Waals surface area contributed by atoms with Crippen LogP contribution in [0.5, 0.6) is 0 Å². The zero-order valence-corrected chi connectivity index (χ0v) is 16.0. The van der Waals surface area contributed by atoms with Crippen LogP contribution in [0.4, 0.5) is 14.9 Å². The van der Waals surface area contributed by atoms with Gasteiger partial charge in [0.1, 0.15) is 5.82 Å². The average Bonchev–Trinajstić information content (AvgIpc) is 3.09. The Balaban J connectivity index is 1.72. The second kappa shape index (κ2) is 8.45. The molecular weight excluding hydrogens is 365 g/mol. The number of benzene rings is 2. The van der Waals surface area contributed by atoms with E-state index in [4.69, 9.17) is 0 Å². The first-order chi connectivity index (χ1) is 12.9. The molecule has 2 N–H and O–H groups in total. The highest BCUT2D eigenvalue weighted by molar-refractivity contribution is 7.13. The van der Waals surface area contributed by atoms with Gasteiger partial charge < -0.3 is 15.3 Å². The van der Waals surface area contributed by atoms with Crippen LogP contribution >= 0.6 is 11.5 Å². The third-order valence-corrected chi connectivity index (χ3v) is 4.90. The van der Waals surface area contributed by atoms with Crippen LogP contribution in [0.1, 0.15) is 25.5 Å². The third-order valence-electron chi connectivity index (χ3n) is 4.12. The summed E-state index contributed by atoms with van der Waals surface area (Å²) in [5, 5.41) is 14.3. The lowest BCUT2D eigenvalue weighted by Gasteiger charge is -2.27. The highest BCUT2D eigenvalue weighted by Crippen LogP contribution is 2.23. The Kier molecular flexibility index (Phi) is 6.03. The molecule has 1 aromatic heterocycles. The minimum absolute atomic E-state index is 0.123. The quantitative estimate of drug-likeness (QED) is 0.647. The number of rotatable bonds is 6. The lowest BCUT2D eigenvalue weighted by molar-refractivity contribution is 0.121. The van der Waals surface area contributed by atoms with Crippen molar-refractivity contribution < 1.29 is 14.3 Å². The number of nitrogens with one attached hydrogen (secondary N) is 1. The largest absolute Gasteiger partial charge is 0.387 e. The number of aromatic nitrogens is 1. The summed E-state index contributed by atoms with van der Waals surface area (Å²) in [6.45, 7) is 4.63. The van der Waals surface area contributed by atoms with E-state index in [9.17, 15) is 14.3 Å². The fourth-order valence-electron chi connectivity index (χ4n) is 2.83. The molecule has 3 rings (SSSR count). The Morgan fingerprint density at radius 2 is 1.96 bits per heavy atom. The molecule has 1 atom stereocenters. The van der Waals surface area contributed by atoms with Crippen molar-refractivity contribution in [1.29, 1.82) is 0 Å². The van der Waals surface area contributed by atoms with Gasteiger partial charge in [0.2, 0.25) is 0 Å². The van der Waals surface area contributed by atoms with E-state index >= 15 is 0 Å². The normalized spacial score (nSPS) is 12.3. The number of nitrogens with zero attached hydrogens (tertiary/aromatic N) is 2. The minimum atomic E-state index is -0.890. The van der Waals surface area contributed by atoms with E-state index in [-0.39, 0.29) is 24.3 Å². The van der Waals surface area contributed by atoms with Gasteiger partial charge in [-0.15, -0.1) is 0 Å². The van der Waals surface area contributed by atoms with E-state index in [1.165, 1.54) is 35.8 Å². The SMILES string of the molecule is CC(C)CN(CC(O)c1ccc(F)cc1)C(=O)Nc1ccc2sncc2c1. The summed E-state index contributed by atoms with van der Waals surface area (Å²) >= 11 is 1.40. The lowest BCUT2D eigenvalue weighted by atomic mass is 10.1. The molecule has 0 aliphatic heterocycles. The Hall–Kier alpha value is -2.51. The van der Waals surface area contributed by atoms with Crippen LogP contribution in [-0.2, 0) is 0 Å². The van der Waals surface area contributed by atoms with Gasteiger partial charge in [-0.25, -0.2) is 9.18 Å². The summed E-state index contributed by atoms with van der Waals surface area (Å²) in [4.78, 5) is 14.4. The number of fused-ring (bicyclic) bond motifs is 1. The van der Waals surface area contributed by atoms with Crippen LogP contribution < -0.4 is 5.32 Å². The van der Waals surface area contributed by atoms with E-state index < -0.39 is 6.10 Å². The molecule has 0 saturated carbocycles. The number of carbonyl (C=O) groups excluding carboxylic acids is 1. The van der Waals surface area contributed by atoms with Gasteiger partial charge in [0.25, 0.3) is 0 Å². The number of carbonyl (C=O) groups is 1. The van der Waals surface area contributed by atoms with E-state index in [2.05, 4.69) is 9.69 Å². The highest BCUT2D eigenvalue weighted by Gasteiger charge is 2.20. The van der Waals surface area contributed by atoms with Crippen molar-refractivity contribution in [3.05, 3.63) is 60.0 Å². The Morgan fingerprint density at radius 1 is 1.22 bits per heavy atom. The number of urea groups is 1. The van der Waals surface area contributed by atoms with E-state index in [1.54, 1.807) is 11.1 Å². The van der Waals surface area contributed by atoms with Gasteiger partial charge in [0.15, 0.2) is 0 Å². The molecule has 0 aliphatic carbocycles. The van der Waals surface area contributed by atoms with Crippen molar-refractivity contribution in [3.63, 3.8) is 0 Å². The minimum Gasteiger partial charge on any atom is -0.387 e. The summed E-state index contributed by atoms with van der Waals surface area (Å²) in [5.41, 5.74) is 1.25. The molecule has 0 radical (unpaired) electrons. The van der Waals surface area contributed by atoms with Crippen molar-refractivity contribution in [2.24, 2.45) is 5.92 Å². The molecule has 2 aromatic carbocycles. The zero-order valence-electron chi connectivity index (χ0n) is 15.2. The number of aliphatic hydroxyl groups is 1. The molecule has 1 unspecified atom stereocenters. The molecule has 0 aliphatic rings. The first kappa shape index (κ1) is 19.3. The van der Waals surface area contributed by atoms with Gasteiger partial charge in [-0.3, -0.25) is 0 Å². The summed E-state index contributed by atoms with van der Waals surface area (Å²) in [7, 11) is 0. The van der Waals surface area contributed by atoms with Gasteiger partial charge in [0, 0.05) is 23.8 Å². The number of anilines is 1. The predicted octanol–water partition coefficient (Wildman–Crippen LogP) is 4.66. The fraction of sp³-hybridized carbons (Fsp3) is 0.300. The maximum Gasteiger partial charge on any atom is 0.321 e. The molecular formula is C20H22FN3O2S. The van der Waals surface area contributed by atoms with Crippen LogP contribution in [0.15, 0.2) is 48.7 Å². The zero-order chi connectivity index (χ0) is 19.4. The summed E-state index contributed by atoms with van der Waals surface area (Å²) in [5.74, 6) is -0.124. The lowest BCUT2D eigenvalue weighted by Crippen LogP contribution is -2.40. The molecule has 142 valence electrons. The first-order valence-electron chi connectivity index (χ1n) is 8.76. The van der Waals surface area contributed by atoms with Crippen molar-refractivity contribution in [2.45, 2.75) is 20.0 Å². The Labute approximate surface area is 161 Å². The first-order valence-corrected chi connectivity index (χ1v) is 9.53. The van der Waals surface area contributed by atoms with Crippen LogP contribution in [0, 0.1) is 11.7 Å². The molecule has 27 heavy (non-hydrogen) atoms. The Bertz CT molecular complexity index is 911. The molecule has 0 spiro atoms. The van der Waals surface area contributed by atoms with Crippen molar-refractivity contribution in [2.75, 3.05) is 18.4 Å². The van der Waals surface area contributed by atoms with Crippen molar-refractivity contribution in [1.82, 2.24) is 9.27 Å². The fourth-order valence-corrected chi connectivity index (χ4v) is 3.46. The topological polar surface area (TPSA) is 65.5 Å². The van der Waals surface area contributed by atoms with Gasteiger partial charge in [-0.05, 0) is 53.3 Å². The smallest absolute Gasteiger partial charge is 0.321 e. The maximum atomic E-state index is 13.1. The molecule has 7 heteroatoms. The van der Waals surface area contributed by atoms with Crippen LogP contribution in [0.25, 0.3) is 10.1 Å². The number of amides is 2. The molecule has 0 fully saturated rings. The number of hydrogen-bond acceptors (Lipinski definition) is 4. The monoisotopic (exact) mass is 387 g/mol. The third kappa shape index (κ3) is 5.02. The summed E-state index contributed by atoms with van der Waals surface area (Å²) in [6.07, 6.45) is 0.874. The Morgan fingerprint density at radius 3 is 2.67 bits per heavy atom. The molecule has 1 heterocycles. The number of halogens is 1. The molecule has 2 amide bonds. The molecule has 3 aromatic rings. The predicted molar refractivity (Wildman–Crippen MR) is 106 cm³/mol. The molecule has 5 nitrogen and oxygen atoms in total. The number of aliphatic hydroxyl groups excluding tert-OH is 1. The van der Waals surface area contributed by atoms with Gasteiger partial charge in [-0.1, -0.05) is 26.0 Å². The van der Waals surface area contributed by atoms with E-state index in [0.717, 1.165) is 10.1 Å². The molecule has 0 saturated heterocycles. The summed E-state index contributed by atoms with van der Waals surface area (Å²) < 4.78 is 18.3. The average molecular weight is 387 g/mol. The second-order valence-corrected chi connectivity index (χ2v) is 7.71. The maximum absolute atomic E-state index is 13.1.